The second-order valence-corrected chi connectivity index (χ2v) is 6.20. The highest BCUT2D eigenvalue weighted by Gasteiger charge is 2.18. The minimum Gasteiger partial charge on any atom is -0.493 e. The molecule has 1 aromatic carbocycles. The lowest BCUT2D eigenvalue weighted by Crippen LogP contribution is -2.29. The molecule has 0 aliphatic rings. The molecule has 1 rings (SSSR count). The molecule has 0 aliphatic carbocycles. The van der Waals surface area contributed by atoms with Gasteiger partial charge >= 0.3 is 0 Å². The molecule has 1 unspecified atom stereocenters. The number of nitrogens with one attached hydrogen (secondary N) is 1. The van der Waals surface area contributed by atoms with Crippen molar-refractivity contribution < 1.29 is 4.74 Å². The highest BCUT2D eigenvalue weighted by Crippen LogP contribution is 2.31. The first-order valence-corrected chi connectivity index (χ1v) is 7.16. The molecule has 1 aromatic rings. The van der Waals surface area contributed by atoms with Gasteiger partial charge in [0.05, 0.1) is 6.61 Å². The Morgan fingerprint density at radius 1 is 1.26 bits per heavy atom. The summed E-state index contributed by atoms with van der Waals surface area (Å²) in [5.74, 6) is 6.67. The van der Waals surface area contributed by atoms with Gasteiger partial charge in [-0.25, -0.2) is 0 Å². The molecule has 0 bridgehead atoms. The summed E-state index contributed by atoms with van der Waals surface area (Å²) in [7, 11) is 0. The van der Waals surface area contributed by atoms with Gasteiger partial charge in [-0.2, -0.15) is 0 Å². The summed E-state index contributed by atoms with van der Waals surface area (Å²) in [6.45, 7) is 9.61. The predicted molar refractivity (Wildman–Crippen MR) is 81.0 cm³/mol. The minimum absolute atomic E-state index is 0.146. The molecule has 0 aliphatic heterocycles. The summed E-state index contributed by atoms with van der Waals surface area (Å²) in [5, 5.41) is 0. The number of hydrazine groups is 1. The van der Waals surface area contributed by atoms with E-state index >= 15 is 0 Å². The Bertz CT molecular complexity index is 371. The molecule has 0 saturated carbocycles. The molecule has 3 nitrogen and oxygen atoms in total. The van der Waals surface area contributed by atoms with Crippen LogP contribution in [0.4, 0.5) is 0 Å². The molecule has 1 atom stereocenters. The summed E-state index contributed by atoms with van der Waals surface area (Å²) in [4.78, 5) is 0. The molecular formula is C16H28N2O. The zero-order valence-electron chi connectivity index (χ0n) is 12.7. The predicted octanol–water partition coefficient (Wildman–Crippen LogP) is 3.81. The number of hydrogen-bond donors (Lipinski definition) is 2. The van der Waals surface area contributed by atoms with E-state index in [9.17, 15) is 0 Å². The van der Waals surface area contributed by atoms with E-state index in [-0.39, 0.29) is 6.04 Å². The van der Waals surface area contributed by atoms with Crippen LogP contribution >= 0.6 is 0 Å². The Morgan fingerprint density at radius 3 is 2.53 bits per heavy atom. The van der Waals surface area contributed by atoms with Gasteiger partial charge in [0.1, 0.15) is 5.75 Å². The molecular weight excluding hydrogens is 236 g/mol. The topological polar surface area (TPSA) is 47.3 Å². The van der Waals surface area contributed by atoms with Crippen LogP contribution in [0.1, 0.15) is 58.6 Å². The van der Waals surface area contributed by atoms with E-state index in [0.717, 1.165) is 37.2 Å². The van der Waals surface area contributed by atoms with E-state index in [1.165, 1.54) is 0 Å². The minimum atomic E-state index is 0.146. The van der Waals surface area contributed by atoms with E-state index in [0.29, 0.717) is 5.41 Å². The van der Waals surface area contributed by atoms with Gasteiger partial charge in [-0.05, 0) is 30.7 Å². The Morgan fingerprint density at radius 2 is 1.95 bits per heavy atom. The summed E-state index contributed by atoms with van der Waals surface area (Å²) < 4.78 is 5.81. The van der Waals surface area contributed by atoms with Crippen molar-refractivity contribution in [2.75, 3.05) is 6.61 Å². The first kappa shape index (κ1) is 16.0. The fourth-order valence-corrected chi connectivity index (χ4v) is 2.02. The van der Waals surface area contributed by atoms with Gasteiger partial charge in [0.2, 0.25) is 0 Å². The van der Waals surface area contributed by atoms with Crippen LogP contribution in [0.25, 0.3) is 0 Å². The fourth-order valence-electron chi connectivity index (χ4n) is 2.02. The maximum Gasteiger partial charge on any atom is 0.124 e. The third-order valence-electron chi connectivity index (χ3n) is 3.14. The first-order valence-electron chi connectivity index (χ1n) is 7.16. The molecule has 3 N–H and O–H groups in total. The van der Waals surface area contributed by atoms with Crippen molar-refractivity contribution in [2.45, 2.75) is 53.0 Å². The quantitative estimate of drug-likeness (QED) is 0.581. The van der Waals surface area contributed by atoms with Crippen LogP contribution in [0.5, 0.6) is 5.75 Å². The lowest BCUT2D eigenvalue weighted by atomic mass is 9.87. The number of para-hydroxylation sites is 1. The fraction of sp³-hybridized carbons (Fsp3) is 0.625. The zero-order chi connectivity index (χ0) is 14.3. The smallest absolute Gasteiger partial charge is 0.124 e. The van der Waals surface area contributed by atoms with Crippen LogP contribution in [0.3, 0.4) is 0 Å². The number of benzene rings is 1. The normalized spacial score (nSPS) is 13.3. The number of nitrogens with two attached hydrogens (primary N) is 1. The van der Waals surface area contributed by atoms with Crippen LogP contribution in [-0.2, 0) is 0 Å². The molecule has 0 aromatic heterocycles. The van der Waals surface area contributed by atoms with E-state index in [4.69, 9.17) is 10.6 Å². The van der Waals surface area contributed by atoms with Crippen molar-refractivity contribution in [1.29, 1.82) is 0 Å². The molecule has 0 saturated heterocycles. The van der Waals surface area contributed by atoms with E-state index in [2.05, 4.69) is 39.2 Å². The summed E-state index contributed by atoms with van der Waals surface area (Å²) in [6, 6.07) is 8.30. The van der Waals surface area contributed by atoms with Crippen LogP contribution in [0.15, 0.2) is 24.3 Å². The van der Waals surface area contributed by atoms with E-state index in [1.54, 1.807) is 0 Å². The van der Waals surface area contributed by atoms with Gasteiger partial charge in [-0.15, -0.1) is 0 Å². The van der Waals surface area contributed by atoms with Crippen LogP contribution in [0.2, 0.25) is 0 Å². The maximum absolute atomic E-state index is 5.81. The third-order valence-corrected chi connectivity index (χ3v) is 3.14. The van der Waals surface area contributed by atoms with Gasteiger partial charge in [0, 0.05) is 11.6 Å². The Labute approximate surface area is 117 Å². The Balaban J connectivity index is 2.79. The molecule has 3 heteroatoms. The van der Waals surface area contributed by atoms with Crippen molar-refractivity contribution in [2.24, 2.45) is 11.3 Å². The van der Waals surface area contributed by atoms with Crippen molar-refractivity contribution in [1.82, 2.24) is 5.43 Å². The highest BCUT2D eigenvalue weighted by molar-refractivity contribution is 5.35. The molecule has 0 spiro atoms. The lowest BCUT2D eigenvalue weighted by Gasteiger charge is -2.24. The van der Waals surface area contributed by atoms with Gasteiger partial charge in [-0.3, -0.25) is 11.3 Å². The number of ether oxygens (including phenoxy) is 1. The monoisotopic (exact) mass is 264 g/mol. The molecule has 108 valence electrons. The van der Waals surface area contributed by atoms with Crippen LogP contribution in [-0.4, -0.2) is 6.61 Å². The SMILES string of the molecule is CCCOc1ccccc1C(CCC(C)(C)C)NN. The van der Waals surface area contributed by atoms with Crippen molar-refractivity contribution in [3.63, 3.8) is 0 Å². The summed E-state index contributed by atoms with van der Waals surface area (Å²) in [6.07, 6.45) is 3.13. The van der Waals surface area contributed by atoms with Crippen molar-refractivity contribution >= 4 is 0 Å². The van der Waals surface area contributed by atoms with E-state index < -0.39 is 0 Å². The van der Waals surface area contributed by atoms with Gasteiger partial charge in [-0.1, -0.05) is 45.9 Å². The van der Waals surface area contributed by atoms with Gasteiger partial charge < -0.3 is 4.74 Å². The average molecular weight is 264 g/mol. The largest absolute Gasteiger partial charge is 0.493 e. The number of rotatable bonds is 7. The second-order valence-electron chi connectivity index (χ2n) is 6.20. The summed E-state index contributed by atoms with van der Waals surface area (Å²) in [5.41, 5.74) is 4.40. The Kier molecular flexibility index (Phi) is 6.32. The van der Waals surface area contributed by atoms with Gasteiger partial charge in [0.25, 0.3) is 0 Å². The zero-order valence-corrected chi connectivity index (χ0v) is 12.7. The number of hydrogen-bond acceptors (Lipinski definition) is 3. The molecule has 0 fully saturated rings. The van der Waals surface area contributed by atoms with E-state index in [1.807, 2.05) is 18.2 Å². The standard InChI is InChI=1S/C16H28N2O/c1-5-12-19-15-9-7-6-8-13(15)14(18-17)10-11-16(2,3)4/h6-9,14,18H,5,10-12,17H2,1-4H3. The van der Waals surface area contributed by atoms with Gasteiger partial charge in [0.15, 0.2) is 0 Å². The van der Waals surface area contributed by atoms with Crippen LogP contribution < -0.4 is 16.0 Å². The Hall–Kier alpha value is -1.06. The highest BCUT2D eigenvalue weighted by atomic mass is 16.5. The van der Waals surface area contributed by atoms with Crippen molar-refractivity contribution in [3.05, 3.63) is 29.8 Å². The first-order chi connectivity index (χ1) is 8.98. The average Bonchev–Trinajstić information content (AvgIpc) is 2.37. The molecule has 19 heavy (non-hydrogen) atoms. The molecule has 0 amide bonds. The maximum atomic E-state index is 5.81. The molecule has 0 radical (unpaired) electrons. The van der Waals surface area contributed by atoms with Crippen molar-refractivity contribution in [3.8, 4) is 5.75 Å². The summed E-state index contributed by atoms with van der Waals surface area (Å²) >= 11 is 0. The molecule has 0 heterocycles. The third kappa shape index (κ3) is 5.62. The lowest BCUT2D eigenvalue weighted by molar-refractivity contribution is 0.300. The second kappa shape index (κ2) is 7.51. The van der Waals surface area contributed by atoms with Crippen LogP contribution in [0, 0.1) is 5.41 Å².